The average molecular weight is 283 g/mol. The molecular weight excluding hydrogens is 266 g/mol. The molecule has 2 heterocycles. The average Bonchev–Trinajstić information content (AvgIpc) is 2.65. The van der Waals surface area contributed by atoms with Crippen LogP contribution < -0.4 is 10.6 Å². The van der Waals surface area contributed by atoms with E-state index in [1.165, 1.54) is 11.3 Å². The third kappa shape index (κ3) is 2.44. The Hall–Kier alpha value is -0.900. The Labute approximate surface area is 115 Å². The van der Waals surface area contributed by atoms with Crippen molar-refractivity contribution in [3.63, 3.8) is 0 Å². The lowest BCUT2D eigenvalue weighted by molar-refractivity contribution is 0.0352. The number of nitrogens with two attached hydrogens (primary N) is 1. The number of nitrogens with zero attached hydrogens (tertiary/aromatic N) is 2. The molecule has 0 atom stereocenters. The van der Waals surface area contributed by atoms with Gasteiger partial charge in [-0.2, -0.15) is 5.26 Å². The van der Waals surface area contributed by atoms with Crippen molar-refractivity contribution < 1.29 is 5.11 Å². The molecule has 1 aromatic rings. The molecule has 0 aliphatic carbocycles. The van der Waals surface area contributed by atoms with Crippen LogP contribution >= 0.6 is 23.1 Å². The van der Waals surface area contributed by atoms with E-state index in [0.29, 0.717) is 10.6 Å². The van der Waals surface area contributed by atoms with E-state index < -0.39 is 5.60 Å². The van der Waals surface area contributed by atoms with Crippen molar-refractivity contribution >= 4 is 33.8 Å². The second kappa shape index (κ2) is 5.00. The molecule has 98 valence electrons. The highest BCUT2D eigenvalue weighted by molar-refractivity contribution is 7.99. The van der Waals surface area contributed by atoms with Gasteiger partial charge in [0.2, 0.25) is 0 Å². The van der Waals surface area contributed by atoms with Gasteiger partial charge in [-0.3, -0.25) is 0 Å². The van der Waals surface area contributed by atoms with E-state index in [4.69, 9.17) is 11.0 Å². The Balaban J connectivity index is 2.27. The number of aliphatic hydroxyl groups is 1. The molecule has 18 heavy (non-hydrogen) atoms. The van der Waals surface area contributed by atoms with Crippen LogP contribution in [0, 0.1) is 11.3 Å². The van der Waals surface area contributed by atoms with Gasteiger partial charge in [0, 0.05) is 13.1 Å². The molecule has 0 saturated carbocycles. The molecule has 1 aliphatic rings. The van der Waals surface area contributed by atoms with Gasteiger partial charge in [-0.15, -0.1) is 23.1 Å². The highest BCUT2D eigenvalue weighted by Gasteiger charge is 2.30. The third-order valence-corrected chi connectivity index (χ3v) is 5.44. The van der Waals surface area contributed by atoms with Gasteiger partial charge < -0.3 is 15.7 Å². The summed E-state index contributed by atoms with van der Waals surface area (Å²) >= 11 is 3.04. The van der Waals surface area contributed by atoms with Crippen LogP contribution in [-0.2, 0) is 0 Å². The molecule has 6 heteroatoms. The summed E-state index contributed by atoms with van der Waals surface area (Å²) in [5.41, 5.74) is 6.02. The highest BCUT2D eigenvalue weighted by atomic mass is 32.2. The van der Waals surface area contributed by atoms with Crippen molar-refractivity contribution in [1.82, 2.24) is 0 Å². The van der Waals surface area contributed by atoms with Gasteiger partial charge in [0.25, 0.3) is 0 Å². The maximum Gasteiger partial charge on any atom is 0.131 e. The number of nitriles is 1. The van der Waals surface area contributed by atoms with Gasteiger partial charge in [-0.1, -0.05) is 0 Å². The molecule has 1 saturated heterocycles. The Morgan fingerprint density at radius 2 is 2.11 bits per heavy atom. The number of hydrogen-bond acceptors (Lipinski definition) is 6. The van der Waals surface area contributed by atoms with Crippen molar-refractivity contribution in [2.75, 3.05) is 30.0 Å². The molecule has 0 aromatic carbocycles. The molecule has 1 aromatic heterocycles. The zero-order valence-electron chi connectivity index (χ0n) is 10.6. The minimum absolute atomic E-state index is 0.559. The molecule has 3 N–H and O–H groups in total. The van der Waals surface area contributed by atoms with Crippen LogP contribution in [0.3, 0.4) is 0 Å². The quantitative estimate of drug-likeness (QED) is 0.815. The topological polar surface area (TPSA) is 73.3 Å². The number of rotatable bonds is 2. The Bertz CT molecular complexity index is 480. The molecule has 0 spiro atoms. The summed E-state index contributed by atoms with van der Waals surface area (Å²) in [5, 5.41) is 20.1. The van der Waals surface area contributed by atoms with Gasteiger partial charge in [0.05, 0.1) is 16.2 Å². The molecular formula is C12H17N3OS2. The number of nitrogen functional groups attached to an aromatic ring is 1. The van der Waals surface area contributed by atoms with Crippen LogP contribution in [0.1, 0.15) is 24.6 Å². The van der Waals surface area contributed by atoms with Gasteiger partial charge in [-0.05, 0) is 26.0 Å². The first-order valence-electron chi connectivity index (χ1n) is 5.82. The fraction of sp³-hybridized carbons (Fsp3) is 0.583. The normalized spacial score (nSPS) is 18.7. The van der Waals surface area contributed by atoms with E-state index >= 15 is 0 Å². The monoisotopic (exact) mass is 283 g/mol. The second-order valence-electron chi connectivity index (χ2n) is 4.78. The van der Waals surface area contributed by atoms with Crippen molar-refractivity contribution in [2.24, 2.45) is 0 Å². The van der Waals surface area contributed by atoms with Crippen LogP contribution in [-0.4, -0.2) is 30.1 Å². The molecule has 0 radical (unpaired) electrons. The Morgan fingerprint density at radius 3 is 2.61 bits per heavy atom. The predicted octanol–water partition coefficient (Wildman–Crippen LogP) is 2.28. The molecule has 0 unspecified atom stereocenters. The van der Waals surface area contributed by atoms with Gasteiger partial charge in [-0.25, -0.2) is 0 Å². The van der Waals surface area contributed by atoms with E-state index in [0.717, 1.165) is 35.8 Å². The highest BCUT2D eigenvalue weighted by Crippen LogP contribution is 2.44. The van der Waals surface area contributed by atoms with Crippen molar-refractivity contribution in [3.8, 4) is 6.07 Å². The van der Waals surface area contributed by atoms with E-state index in [9.17, 15) is 5.11 Å². The van der Waals surface area contributed by atoms with Crippen LogP contribution in [0.5, 0.6) is 0 Å². The number of piperidine rings is 1. The minimum Gasteiger partial charge on any atom is -0.396 e. The predicted molar refractivity (Wildman–Crippen MR) is 77.3 cm³/mol. The Kier molecular flexibility index (Phi) is 3.76. The summed E-state index contributed by atoms with van der Waals surface area (Å²) in [4.78, 5) is 3.82. The SMILES string of the molecule is CSc1c(N2CCC(C)(O)CC2)sc(C#N)c1N. The first-order chi connectivity index (χ1) is 8.48. The summed E-state index contributed by atoms with van der Waals surface area (Å²) in [6, 6.07) is 2.15. The van der Waals surface area contributed by atoms with Crippen molar-refractivity contribution in [1.29, 1.82) is 5.26 Å². The minimum atomic E-state index is -0.559. The summed E-state index contributed by atoms with van der Waals surface area (Å²) < 4.78 is 0. The molecule has 1 aliphatic heterocycles. The maximum absolute atomic E-state index is 9.97. The molecule has 2 rings (SSSR count). The summed E-state index contributed by atoms with van der Waals surface area (Å²) in [5.74, 6) is 0. The summed E-state index contributed by atoms with van der Waals surface area (Å²) in [6.45, 7) is 3.50. The lowest BCUT2D eigenvalue weighted by Crippen LogP contribution is -2.42. The molecule has 0 amide bonds. The van der Waals surface area contributed by atoms with E-state index in [2.05, 4.69) is 11.0 Å². The van der Waals surface area contributed by atoms with Crippen molar-refractivity contribution in [2.45, 2.75) is 30.3 Å². The largest absolute Gasteiger partial charge is 0.396 e. The first kappa shape index (κ1) is 13.5. The third-order valence-electron chi connectivity index (χ3n) is 3.32. The summed E-state index contributed by atoms with van der Waals surface area (Å²) in [6.07, 6.45) is 3.48. The standard InChI is InChI=1S/C12H17N3OS2/c1-12(16)3-5-15(6-4-12)11-10(17-2)9(14)8(7-13)18-11/h16H,3-6,14H2,1-2H3. The molecule has 0 bridgehead atoms. The van der Waals surface area contributed by atoms with Gasteiger partial charge in [0.15, 0.2) is 0 Å². The number of hydrogen-bond donors (Lipinski definition) is 2. The number of thioether (sulfide) groups is 1. The van der Waals surface area contributed by atoms with Crippen molar-refractivity contribution in [3.05, 3.63) is 4.88 Å². The molecule has 4 nitrogen and oxygen atoms in total. The van der Waals surface area contributed by atoms with E-state index in [1.807, 2.05) is 13.2 Å². The second-order valence-corrected chi connectivity index (χ2v) is 6.59. The smallest absolute Gasteiger partial charge is 0.131 e. The fourth-order valence-electron chi connectivity index (χ4n) is 2.10. The fourth-order valence-corrected chi connectivity index (χ4v) is 4.13. The maximum atomic E-state index is 9.97. The van der Waals surface area contributed by atoms with Crippen LogP contribution in [0.2, 0.25) is 0 Å². The zero-order chi connectivity index (χ0) is 13.3. The summed E-state index contributed by atoms with van der Waals surface area (Å²) in [7, 11) is 0. The Morgan fingerprint density at radius 1 is 1.50 bits per heavy atom. The van der Waals surface area contributed by atoms with Gasteiger partial charge in [0.1, 0.15) is 15.9 Å². The number of anilines is 2. The lowest BCUT2D eigenvalue weighted by atomic mass is 9.94. The van der Waals surface area contributed by atoms with Crippen LogP contribution in [0.4, 0.5) is 10.7 Å². The number of thiophene rings is 1. The lowest BCUT2D eigenvalue weighted by Gasteiger charge is -2.36. The zero-order valence-corrected chi connectivity index (χ0v) is 12.2. The molecule has 1 fully saturated rings. The van der Waals surface area contributed by atoms with Crippen LogP contribution in [0.15, 0.2) is 4.90 Å². The van der Waals surface area contributed by atoms with Gasteiger partial charge >= 0.3 is 0 Å². The van der Waals surface area contributed by atoms with Crippen LogP contribution in [0.25, 0.3) is 0 Å². The van der Waals surface area contributed by atoms with E-state index in [-0.39, 0.29) is 0 Å². The first-order valence-corrected chi connectivity index (χ1v) is 7.86. The van der Waals surface area contributed by atoms with E-state index in [1.54, 1.807) is 11.8 Å².